The molecule has 0 aromatic heterocycles. The van der Waals surface area contributed by atoms with Gasteiger partial charge in [-0.2, -0.15) is 10.5 Å². The van der Waals surface area contributed by atoms with Gasteiger partial charge in [0.25, 0.3) is 0 Å². The molecule has 3 N–H and O–H groups in total. The average molecular weight is 493 g/mol. The number of hydrogen-bond acceptors (Lipinski definition) is 6. The van der Waals surface area contributed by atoms with E-state index in [1.165, 1.54) is 16.7 Å². The number of aliphatic imine (C=N–C) groups is 1. The molecule has 37 heavy (non-hydrogen) atoms. The molecule has 0 spiro atoms. The monoisotopic (exact) mass is 492 g/mol. The van der Waals surface area contributed by atoms with Crippen LogP contribution in [0.5, 0.6) is 5.75 Å². The number of benzene rings is 3. The molecule has 0 unspecified atom stereocenters. The van der Waals surface area contributed by atoms with Gasteiger partial charge >= 0.3 is 0 Å². The molecule has 3 aromatic rings. The fraction of sp³-hybridized carbons (Fsp3) is 0.276. The van der Waals surface area contributed by atoms with Crippen LogP contribution in [0, 0.1) is 22.8 Å². The van der Waals surface area contributed by atoms with Gasteiger partial charge in [-0.25, -0.2) is 4.99 Å². The SMILES string of the molecule is CC1(C)Oc2ccc(C#N)cc2[C@H](N=C(NC#N)Nc2ccc3c(c2)CN(Cc2ccccc2)C3)[C@H]1O. The van der Waals surface area contributed by atoms with Crippen LogP contribution in [-0.2, 0) is 19.6 Å². The Bertz CT molecular complexity index is 1420. The molecule has 5 rings (SSSR count). The molecular weight excluding hydrogens is 464 g/mol. The number of anilines is 1. The van der Waals surface area contributed by atoms with Gasteiger partial charge in [0.05, 0.1) is 11.6 Å². The Morgan fingerprint density at radius 3 is 2.62 bits per heavy atom. The average Bonchev–Trinajstić information content (AvgIpc) is 3.28. The first-order valence-electron chi connectivity index (χ1n) is 12.2. The van der Waals surface area contributed by atoms with E-state index in [-0.39, 0.29) is 5.96 Å². The zero-order valence-electron chi connectivity index (χ0n) is 20.8. The fourth-order valence-corrected chi connectivity index (χ4v) is 4.90. The molecule has 8 heteroatoms. The number of aliphatic hydroxyl groups is 1. The minimum atomic E-state index is -1.00. The summed E-state index contributed by atoms with van der Waals surface area (Å²) >= 11 is 0. The van der Waals surface area contributed by atoms with E-state index in [0.717, 1.165) is 25.3 Å². The number of rotatable bonds is 4. The maximum atomic E-state index is 11.1. The molecule has 0 bridgehead atoms. The summed E-state index contributed by atoms with van der Waals surface area (Å²) in [7, 11) is 0. The largest absolute Gasteiger partial charge is 0.485 e. The Balaban J connectivity index is 1.39. The highest BCUT2D eigenvalue weighted by molar-refractivity contribution is 5.95. The van der Waals surface area contributed by atoms with E-state index in [1.807, 2.05) is 18.3 Å². The minimum Gasteiger partial charge on any atom is -0.485 e. The van der Waals surface area contributed by atoms with Gasteiger partial charge in [0.1, 0.15) is 23.5 Å². The second-order valence-electron chi connectivity index (χ2n) is 9.91. The predicted molar refractivity (Wildman–Crippen MR) is 140 cm³/mol. The van der Waals surface area contributed by atoms with Crippen molar-refractivity contribution in [1.82, 2.24) is 10.2 Å². The van der Waals surface area contributed by atoms with Gasteiger partial charge in [-0.1, -0.05) is 36.4 Å². The van der Waals surface area contributed by atoms with Crippen LogP contribution in [0.3, 0.4) is 0 Å². The minimum absolute atomic E-state index is 0.205. The number of guanidine groups is 1. The van der Waals surface area contributed by atoms with Gasteiger partial charge in [0, 0.05) is 30.9 Å². The highest BCUT2D eigenvalue weighted by atomic mass is 16.5. The Morgan fingerprint density at radius 1 is 1.08 bits per heavy atom. The fourth-order valence-electron chi connectivity index (χ4n) is 4.90. The molecule has 0 aliphatic carbocycles. The van der Waals surface area contributed by atoms with Crippen LogP contribution in [-0.4, -0.2) is 27.7 Å². The third kappa shape index (κ3) is 5.12. The molecule has 0 saturated heterocycles. The van der Waals surface area contributed by atoms with Gasteiger partial charge < -0.3 is 15.2 Å². The second kappa shape index (κ2) is 9.94. The standard InChI is InChI=1S/C29H28N6O2/c1-29(2)27(36)26(24-12-20(14-30)8-11-25(24)37-29)34-28(32-18-31)33-23-10-9-21-16-35(17-22(21)13-23)15-19-6-4-3-5-7-19/h3-13,26-27,36H,15-17H2,1-2H3,(H2,32,33,34)/t26-,27+/m0/s1. The number of ether oxygens (including phenoxy) is 1. The zero-order chi connectivity index (χ0) is 26.0. The smallest absolute Gasteiger partial charge is 0.209 e. The van der Waals surface area contributed by atoms with Gasteiger partial charge in [-0.3, -0.25) is 10.2 Å². The molecule has 186 valence electrons. The molecule has 0 amide bonds. The van der Waals surface area contributed by atoms with Crippen molar-refractivity contribution in [2.75, 3.05) is 5.32 Å². The van der Waals surface area contributed by atoms with Crippen molar-refractivity contribution < 1.29 is 9.84 Å². The highest BCUT2D eigenvalue weighted by Gasteiger charge is 2.43. The number of hydrogen-bond donors (Lipinski definition) is 3. The van der Waals surface area contributed by atoms with E-state index in [0.29, 0.717) is 16.9 Å². The Labute approximate surface area is 216 Å². The van der Waals surface area contributed by atoms with Crippen LogP contribution in [0.4, 0.5) is 5.69 Å². The highest BCUT2D eigenvalue weighted by Crippen LogP contribution is 2.42. The lowest BCUT2D eigenvalue weighted by Crippen LogP contribution is -2.49. The quantitative estimate of drug-likeness (QED) is 0.216. The van der Waals surface area contributed by atoms with Gasteiger partial charge in [-0.05, 0) is 60.9 Å². The third-order valence-electron chi connectivity index (χ3n) is 6.79. The Kier molecular flexibility index (Phi) is 6.54. The van der Waals surface area contributed by atoms with E-state index in [9.17, 15) is 15.6 Å². The van der Waals surface area contributed by atoms with Crippen molar-refractivity contribution in [3.63, 3.8) is 0 Å². The molecule has 2 aliphatic rings. The summed E-state index contributed by atoms with van der Waals surface area (Å²) < 4.78 is 5.98. The van der Waals surface area contributed by atoms with Gasteiger partial charge in [-0.15, -0.1) is 0 Å². The van der Waals surface area contributed by atoms with E-state index >= 15 is 0 Å². The first kappa shape index (κ1) is 24.3. The molecule has 2 heterocycles. The molecule has 3 aromatic carbocycles. The van der Waals surface area contributed by atoms with Crippen LogP contribution in [0.25, 0.3) is 0 Å². The lowest BCUT2D eigenvalue weighted by Gasteiger charge is -2.40. The molecule has 8 nitrogen and oxygen atoms in total. The second-order valence-corrected chi connectivity index (χ2v) is 9.91. The van der Waals surface area contributed by atoms with Crippen LogP contribution >= 0.6 is 0 Å². The number of nitrogens with zero attached hydrogens (tertiary/aromatic N) is 4. The number of fused-ring (bicyclic) bond motifs is 2. The molecule has 0 fully saturated rings. The van der Waals surface area contributed by atoms with Crippen molar-refractivity contribution in [1.29, 1.82) is 10.5 Å². The summed E-state index contributed by atoms with van der Waals surface area (Å²) in [6, 6.07) is 23.0. The van der Waals surface area contributed by atoms with Gasteiger partial charge in [0.2, 0.25) is 5.96 Å². The topological polar surface area (TPSA) is 117 Å². The molecule has 2 aliphatic heterocycles. The predicted octanol–water partition coefficient (Wildman–Crippen LogP) is 4.19. The maximum Gasteiger partial charge on any atom is 0.209 e. The Hall–Kier alpha value is -4.37. The number of nitrogens with one attached hydrogen (secondary N) is 2. The van der Waals surface area contributed by atoms with E-state index in [4.69, 9.17) is 9.73 Å². The summed E-state index contributed by atoms with van der Waals surface area (Å²) in [4.78, 5) is 7.09. The van der Waals surface area contributed by atoms with Gasteiger partial charge in [0.15, 0.2) is 6.19 Å². The lowest BCUT2D eigenvalue weighted by atomic mass is 9.86. The van der Waals surface area contributed by atoms with E-state index < -0.39 is 17.7 Å². The van der Waals surface area contributed by atoms with E-state index in [1.54, 1.807) is 32.0 Å². The third-order valence-corrected chi connectivity index (χ3v) is 6.79. The summed E-state index contributed by atoms with van der Waals surface area (Å²) in [6.07, 6.45) is 0.928. The van der Waals surface area contributed by atoms with Crippen LogP contribution in [0.2, 0.25) is 0 Å². The van der Waals surface area contributed by atoms with Crippen molar-refractivity contribution in [3.8, 4) is 18.0 Å². The molecular formula is C29H28N6O2. The van der Waals surface area contributed by atoms with Crippen LogP contribution in [0.1, 0.15) is 47.7 Å². The molecule has 0 saturated carbocycles. The first-order valence-corrected chi connectivity index (χ1v) is 12.2. The Morgan fingerprint density at radius 2 is 1.86 bits per heavy atom. The summed E-state index contributed by atoms with van der Waals surface area (Å²) in [5.41, 5.74) is 4.67. The van der Waals surface area contributed by atoms with Crippen molar-refractivity contribution in [2.24, 2.45) is 4.99 Å². The van der Waals surface area contributed by atoms with Crippen molar-refractivity contribution in [3.05, 3.63) is 94.5 Å². The van der Waals surface area contributed by atoms with Crippen molar-refractivity contribution in [2.45, 2.75) is 51.2 Å². The molecule has 0 radical (unpaired) electrons. The summed E-state index contributed by atoms with van der Waals surface area (Å²) in [5, 5.41) is 35.7. The van der Waals surface area contributed by atoms with Crippen LogP contribution in [0.15, 0.2) is 71.7 Å². The first-order chi connectivity index (χ1) is 17.9. The summed E-state index contributed by atoms with van der Waals surface area (Å²) in [6.45, 7) is 6.16. The van der Waals surface area contributed by atoms with E-state index in [2.05, 4.69) is 58.0 Å². The molecule has 2 atom stereocenters. The van der Waals surface area contributed by atoms with Crippen molar-refractivity contribution >= 4 is 11.6 Å². The van der Waals surface area contributed by atoms with Crippen LogP contribution < -0.4 is 15.4 Å². The normalized spacial score (nSPS) is 20.1. The zero-order valence-corrected chi connectivity index (χ0v) is 20.8. The number of nitriles is 2. The number of aliphatic hydroxyl groups excluding tert-OH is 1. The maximum absolute atomic E-state index is 11.1. The summed E-state index contributed by atoms with van der Waals surface area (Å²) in [5.74, 6) is 0.757. The lowest BCUT2D eigenvalue weighted by molar-refractivity contribution is -0.0567.